The molecule has 0 bridgehead atoms. The zero-order chi connectivity index (χ0) is 9.68. The molecule has 0 spiro atoms. The van der Waals surface area contributed by atoms with Crippen molar-refractivity contribution in [3.63, 3.8) is 0 Å². The van der Waals surface area contributed by atoms with Gasteiger partial charge in [0.2, 0.25) is 0 Å². The van der Waals surface area contributed by atoms with Crippen molar-refractivity contribution < 1.29 is 5.11 Å². The zero-order valence-electron chi connectivity index (χ0n) is 7.50. The van der Waals surface area contributed by atoms with E-state index >= 15 is 0 Å². The lowest BCUT2D eigenvalue weighted by Gasteiger charge is -2.09. The van der Waals surface area contributed by atoms with Crippen molar-refractivity contribution >= 4 is 17.4 Å². The lowest BCUT2D eigenvalue weighted by molar-refractivity contribution is 0.244. The van der Waals surface area contributed by atoms with Crippen LogP contribution in [0.3, 0.4) is 0 Å². The van der Waals surface area contributed by atoms with E-state index in [0.29, 0.717) is 11.6 Å². The van der Waals surface area contributed by atoms with E-state index in [9.17, 15) is 0 Å². The van der Waals surface area contributed by atoms with Crippen LogP contribution < -0.4 is 5.32 Å². The van der Waals surface area contributed by atoms with E-state index in [1.54, 1.807) is 12.3 Å². The van der Waals surface area contributed by atoms with Crippen molar-refractivity contribution in [3.05, 3.63) is 23.4 Å². The average molecular weight is 201 g/mol. The molecule has 72 valence electrons. The number of nitrogens with one attached hydrogen (secondary N) is 1. The lowest BCUT2D eigenvalue weighted by atomic mass is 10.2. The molecule has 4 heteroatoms. The summed E-state index contributed by atoms with van der Waals surface area (Å²) in [6, 6.07) is 3.59. The molecular formula is C9H13ClN2O. The van der Waals surface area contributed by atoms with Crippen molar-refractivity contribution in [2.75, 3.05) is 18.5 Å². The molecule has 0 aliphatic rings. The Hall–Kier alpha value is -0.800. The van der Waals surface area contributed by atoms with Gasteiger partial charge in [0, 0.05) is 19.3 Å². The first kappa shape index (κ1) is 10.3. The van der Waals surface area contributed by atoms with Gasteiger partial charge in [-0.15, -0.1) is 0 Å². The second-order valence-electron chi connectivity index (χ2n) is 3.03. The van der Waals surface area contributed by atoms with E-state index < -0.39 is 0 Å². The van der Waals surface area contributed by atoms with Crippen LogP contribution in [0.15, 0.2) is 18.3 Å². The van der Waals surface area contributed by atoms with E-state index in [0.717, 1.165) is 5.82 Å². The van der Waals surface area contributed by atoms with Crippen LogP contribution in [0.2, 0.25) is 5.02 Å². The van der Waals surface area contributed by atoms with Crippen molar-refractivity contribution in [1.29, 1.82) is 0 Å². The van der Waals surface area contributed by atoms with Crippen LogP contribution in [0.4, 0.5) is 5.82 Å². The molecule has 1 atom stereocenters. The Balaban J connectivity index is 2.41. The van der Waals surface area contributed by atoms with Crippen molar-refractivity contribution in [3.8, 4) is 0 Å². The molecule has 2 N–H and O–H groups in total. The Morgan fingerprint density at radius 2 is 2.38 bits per heavy atom. The predicted octanol–water partition coefficient (Wildman–Crippen LogP) is 1.78. The summed E-state index contributed by atoms with van der Waals surface area (Å²) in [5, 5.41) is 12.5. The molecule has 0 fully saturated rings. The number of halogens is 1. The monoisotopic (exact) mass is 200 g/mol. The van der Waals surface area contributed by atoms with Gasteiger partial charge in [-0.25, -0.2) is 4.98 Å². The Bertz CT molecular complexity index is 250. The number of nitrogens with zero attached hydrogens (tertiary/aromatic N) is 1. The van der Waals surface area contributed by atoms with E-state index in [4.69, 9.17) is 16.7 Å². The molecule has 1 aromatic rings. The Morgan fingerprint density at radius 1 is 1.62 bits per heavy atom. The molecule has 1 aromatic heterocycles. The third-order valence-electron chi connectivity index (χ3n) is 1.67. The molecule has 13 heavy (non-hydrogen) atoms. The molecule has 0 aromatic carbocycles. The summed E-state index contributed by atoms with van der Waals surface area (Å²) >= 11 is 5.67. The fourth-order valence-corrected chi connectivity index (χ4v) is 0.936. The number of aromatic nitrogens is 1. The quantitative estimate of drug-likeness (QED) is 0.779. The molecule has 1 rings (SSSR count). The first-order valence-corrected chi connectivity index (χ1v) is 4.56. The number of aliphatic hydroxyl groups excluding tert-OH is 1. The third kappa shape index (κ3) is 3.61. The summed E-state index contributed by atoms with van der Waals surface area (Å²) in [6.45, 7) is 2.86. The lowest BCUT2D eigenvalue weighted by Crippen LogP contribution is -2.14. The van der Waals surface area contributed by atoms with Gasteiger partial charge in [-0.3, -0.25) is 0 Å². The van der Waals surface area contributed by atoms with Gasteiger partial charge in [0.25, 0.3) is 0 Å². The second-order valence-corrected chi connectivity index (χ2v) is 3.47. The van der Waals surface area contributed by atoms with Gasteiger partial charge in [0.1, 0.15) is 5.82 Å². The highest BCUT2D eigenvalue weighted by Gasteiger charge is 1.99. The van der Waals surface area contributed by atoms with Crippen molar-refractivity contribution in [2.24, 2.45) is 5.92 Å². The maximum Gasteiger partial charge on any atom is 0.125 e. The minimum Gasteiger partial charge on any atom is -0.396 e. The molecule has 0 amide bonds. The maximum atomic E-state index is 8.78. The van der Waals surface area contributed by atoms with Crippen LogP contribution in [-0.2, 0) is 0 Å². The molecule has 0 saturated heterocycles. The molecule has 1 unspecified atom stereocenters. The molecular weight excluding hydrogens is 188 g/mol. The van der Waals surface area contributed by atoms with E-state index in [1.807, 2.05) is 13.0 Å². The van der Waals surface area contributed by atoms with E-state index in [2.05, 4.69) is 10.3 Å². The maximum absolute atomic E-state index is 8.78. The second kappa shape index (κ2) is 5.04. The summed E-state index contributed by atoms with van der Waals surface area (Å²) < 4.78 is 0. The van der Waals surface area contributed by atoms with Crippen LogP contribution in [0.25, 0.3) is 0 Å². The number of pyridine rings is 1. The highest BCUT2D eigenvalue weighted by Crippen LogP contribution is 2.09. The zero-order valence-corrected chi connectivity index (χ0v) is 8.25. The van der Waals surface area contributed by atoms with E-state index in [1.165, 1.54) is 0 Å². The smallest absolute Gasteiger partial charge is 0.125 e. The van der Waals surface area contributed by atoms with Crippen LogP contribution in [0.5, 0.6) is 0 Å². The Kier molecular flexibility index (Phi) is 3.99. The number of hydrogen-bond donors (Lipinski definition) is 2. The molecule has 0 aliphatic heterocycles. The summed E-state index contributed by atoms with van der Waals surface area (Å²) in [7, 11) is 0. The van der Waals surface area contributed by atoms with Crippen LogP contribution in [0.1, 0.15) is 6.92 Å². The van der Waals surface area contributed by atoms with Crippen molar-refractivity contribution in [1.82, 2.24) is 4.98 Å². The number of aliphatic hydroxyl groups is 1. The standard InChI is InChI=1S/C9H13ClN2O/c1-7(6-13)4-11-9-3-2-8(10)5-12-9/h2-3,5,7,13H,4,6H2,1H3,(H,11,12). The van der Waals surface area contributed by atoms with E-state index in [-0.39, 0.29) is 12.5 Å². The van der Waals surface area contributed by atoms with Gasteiger partial charge in [-0.1, -0.05) is 18.5 Å². The third-order valence-corrected chi connectivity index (χ3v) is 1.89. The molecule has 0 saturated carbocycles. The number of rotatable bonds is 4. The van der Waals surface area contributed by atoms with Gasteiger partial charge in [-0.05, 0) is 18.1 Å². The summed E-state index contributed by atoms with van der Waals surface area (Å²) in [5.41, 5.74) is 0. The molecule has 0 radical (unpaired) electrons. The minimum absolute atomic E-state index is 0.181. The minimum atomic E-state index is 0.181. The van der Waals surface area contributed by atoms with Crippen LogP contribution in [0, 0.1) is 5.92 Å². The summed E-state index contributed by atoms with van der Waals surface area (Å²) in [4.78, 5) is 4.06. The van der Waals surface area contributed by atoms with Gasteiger partial charge >= 0.3 is 0 Å². The highest BCUT2D eigenvalue weighted by molar-refractivity contribution is 6.30. The normalized spacial score (nSPS) is 12.5. The van der Waals surface area contributed by atoms with Gasteiger partial charge in [0.15, 0.2) is 0 Å². The van der Waals surface area contributed by atoms with Crippen LogP contribution >= 0.6 is 11.6 Å². The first-order chi connectivity index (χ1) is 6.22. The Morgan fingerprint density at radius 3 is 2.92 bits per heavy atom. The fraction of sp³-hybridized carbons (Fsp3) is 0.444. The number of hydrogen-bond acceptors (Lipinski definition) is 3. The molecule has 1 heterocycles. The van der Waals surface area contributed by atoms with Gasteiger partial charge < -0.3 is 10.4 Å². The predicted molar refractivity (Wildman–Crippen MR) is 54.0 cm³/mol. The fourth-order valence-electron chi connectivity index (χ4n) is 0.824. The molecule has 3 nitrogen and oxygen atoms in total. The largest absolute Gasteiger partial charge is 0.396 e. The van der Waals surface area contributed by atoms with Gasteiger partial charge in [-0.2, -0.15) is 0 Å². The average Bonchev–Trinajstić information content (AvgIpc) is 2.16. The Labute approximate surface area is 82.8 Å². The van der Waals surface area contributed by atoms with Crippen molar-refractivity contribution in [2.45, 2.75) is 6.92 Å². The molecule has 0 aliphatic carbocycles. The topological polar surface area (TPSA) is 45.1 Å². The van der Waals surface area contributed by atoms with Gasteiger partial charge in [0.05, 0.1) is 5.02 Å². The number of anilines is 1. The summed E-state index contributed by atoms with van der Waals surface area (Å²) in [6.07, 6.45) is 1.59. The SMILES string of the molecule is CC(CO)CNc1ccc(Cl)cn1. The highest BCUT2D eigenvalue weighted by atomic mass is 35.5. The summed E-state index contributed by atoms with van der Waals surface area (Å²) in [5.74, 6) is 1.02. The van der Waals surface area contributed by atoms with Crippen LogP contribution in [-0.4, -0.2) is 23.2 Å². The first-order valence-electron chi connectivity index (χ1n) is 4.18.